The topological polar surface area (TPSA) is 23.1 Å². The van der Waals surface area contributed by atoms with Crippen molar-refractivity contribution in [2.75, 3.05) is 5.08 Å². The summed E-state index contributed by atoms with van der Waals surface area (Å²) >= 11 is 0.869. The van der Waals surface area contributed by atoms with Gasteiger partial charge in [0.15, 0.2) is 9.98 Å². The summed E-state index contributed by atoms with van der Waals surface area (Å²) in [6, 6.07) is 9.63. The molecule has 0 aliphatic rings. The van der Waals surface area contributed by atoms with Crippen LogP contribution >= 0.6 is 11.8 Å². The fraction of sp³-hybridized carbons (Fsp3) is 0.455. The van der Waals surface area contributed by atoms with Gasteiger partial charge in [-0.1, -0.05) is 39.0 Å². The molecule has 1 nitrogen and oxygen atoms in total. The van der Waals surface area contributed by atoms with Gasteiger partial charge in [-0.3, -0.25) is 0 Å². The molecule has 0 N–H and O–H groups in total. The fourth-order valence-electron chi connectivity index (χ4n) is 0.871. The monoisotopic (exact) mass is 228 g/mol. The van der Waals surface area contributed by atoms with E-state index >= 15 is 0 Å². The molecule has 3 heteroatoms. The van der Waals surface area contributed by atoms with Crippen molar-refractivity contribution in [3.05, 3.63) is 30.3 Å². The highest BCUT2D eigenvalue weighted by atomic mass is 32.3. The van der Waals surface area contributed by atoms with Crippen LogP contribution in [0.3, 0.4) is 0 Å². The molecule has 0 aromatic heterocycles. The van der Waals surface area contributed by atoms with Crippen LogP contribution < -0.4 is 0 Å². The third-order valence-electron chi connectivity index (χ3n) is 1.61. The van der Waals surface area contributed by atoms with Crippen LogP contribution in [0.2, 0.25) is 0 Å². The maximum absolute atomic E-state index is 11.8. The summed E-state index contributed by atoms with van der Waals surface area (Å²) in [5, 5.41) is 0.674. The van der Waals surface area contributed by atoms with Crippen molar-refractivity contribution in [1.29, 1.82) is 0 Å². The molecular weight excluding hydrogens is 212 g/mol. The summed E-state index contributed by atoms with van der Waals surface area (Å²) in [5.41, 5.74) is 0. The van der Waals surface area contributed by atoms with Crippen molar-refractivity contribution in [2.24, 2.45) is 0 Å². The minimum absolute atomic E-state index is 0.185. The molecule has 1 aromatic rings. The van der Waals surface area contributed by atoms with E-state index in [1.165, 1.54) is 0 Å². The highest BCUT2D eigenvalue weighted by molar-refractivity contribution is 8.13. The van der Waals surface area contributed by atoms with Crippen molar-refractivity contribution in [1.82, 2.24) is 0 Å². The van der Waals surface area contributed by atoms with E-state index in [1.807, 2.05) is 30.3 Å². The van der Waals surface area contributed by atoms with Crippen LogP contribution in [-0.2, 0) is 11.2 Å². The Morgan fingerprint density at radius 2 is 1.79 bits per heavy atom. The molecular formula is C11H16OS2. The van der Waals surface area contributed by atoms with Crippen LogP contribution in [0, 0.1) is 0 Å². The van der Waals surface area contributed by atoms with Gasteiger partial charge in [-0.2, -0.15) is 0 Å². The van der Waals surface area contributed by atoms with Gasteiger partial charge in [0.2, 0.25) is 0 Å². The van der Waals surface area contributed by atoms with Crippen LogP contribution in [0.15, 0.2) is 35.2 Å². The Morgan fingerprint density at radius 1 is 1.21 bits per heavy atom. The lowest BCUT2D eigenvalue weighted by Gasteiger charge is -2.18. The molecule has 1 aromatic carbocycles. The summed E-state index contributed by atoms with van der Waals surface area (Å²) in [6.07, 6.45) is 0. The normalized spacial score (nSPS) is 14.0. The van der Waals surface area contributed by atoms with Gasteiger partial charge in [-0.05, 0) is 23.3 Å². The molecule has 0 amide bonds. The molecule has 0 spiro atoms. The second-order valence-electron chi connectivity index (χ2n) is 4.03. The summed E-state index contributed by atoms with van der Waals surface area (Å²) in [4.78, 5) is 0.921. The Hall–Kier alpha value is -0.120. The predicted octanol–water partition coefficient (Wildman–Crippen LogP) is 3.28. The lowest BCUT2D eigenvalue weighted by molar-refractivity contribution is 0.599. The quantitative estimate of drug-likeness (QED) is 0.741. The minimum Gasteiger partial charge on any atom is -0.611 e. The zero-order valence-corrected chi connectivity index (χ0v) is 10.5. The van der Waals surface area contributed by atoms with E-state index < -0.39 is 11.2 Å². The first kappa shape index (κ1) is 12.0. The largest absolute Gasteiger partial charge is 0.611 e. The smallest absolute Gasteiger partial charge is 0.157 e. The Balaban J connectivity index is 2.48. The standard InChI is InChI=1S/C11H16OS2/c1-11(2,3)13-9-14(12)10-7-5-4-6-8-10/h4-8H,9H2,1-3H3. The second-order valence-corrected chi connectivity index (χ2v) is 7.65. The van der Waals surface area contributed by atoms with Gasteiger partial charge >= 0.3 is 0 Å². The van der Waals surface area contributed by atoms with E-state index in [0.29, 0.717) is 5.08 Å². The highest BCUT2D eigenvalue weighted by Crippen LogP contribution is 2.26. The average Bonchev–Trinajstić information content (AvgIpc) is 2.14. The molecule has 0 saturated carbocycles. The Morgan fingerprint density at radius 3 is 2.29 bits per heavy atom. The van der Waals surface area contributed by atoms with Gasteiger partial charge in [0, 0.05) is 4.75 Å². The van der Waals surface area contributed by atoms with Gasteiger partial charge < -0.3 is 4.55 Å². The van der Waals surface area contributed by atoms with Crippen molar-refractivity contribution in [3.63, 3.8) is 0 Å². The van der Waals surface area contributed by atoms with Crippen molar-refractivity contribution < 1.29 is 4.55 Å². The lowest BCUT2D eigenvalue weighted by atomic mass is 10.3. The molecule has 0 radical (unpaired) electrons. The molecule has 0 heterocycles. The minimum atomic E-state index is -0.867. The first-order valence-electron chi connectivity index (χ1n) is 4.56. The number of thioether (sulfide) groups is 1. The van der Waals surface area contributed by atoms with E-state index in [-0.39, 0.29) is 4.75 Å². The molecule has 0 bridgehead atoms. The molecule has 1 rings (SSSR count). The Kier molecular flexibility index (Phi) is 4.35. The Bertz CT molecular complexity index is 266. The summed E-state index contributed by atoms with van der Waals surface area (Å²) in [7, 11) is 0. The van der Waals surface area contributed by atoms with Crippen LogP contribution in [0.1, 0.15) is 20.8 Å². The number of benzene rings is 1. The van der Waals surface area contributed by atoms with Crippen molar-refractivity contribution in [2.45, 2.75) is 30.4 Å². The van der Waals surface area contributed by atoms with E-state index in [1.54, 1.807) is 11.8 Å². The first-order chi connectivity index (χ1) is 6.49. The van der Waals surface area contributed by atoms with Crippen LogP contribution in [0.25, 0.3) is 0 Å². The van der Waals surface area contributed by atoms with Gasteiger partial charge in [0.25, 0.3) is 0 Å². The third kappa shape index (κ3) is 4.40. The van der Waals surface area contributed by atoms with E-state index in [0.717, 1.165) is 4.90 Å². The molecule has 0 fully saturated rings. The summed E-state index contributed by atoms with van der Waals surface area (Å²) in [5.74, 6) is 0. The fourth-order valence-corrected chi connectivity index (χ4v) is 3.72. The van der Waals surface area contributed by atoms with Crippen LogP contribution in [0.5, 0.6) is 0 Å². The van der Waals surface area contributed by atoms with Crippen molar-refractivity contribution >= 4 is 22.9 Å². The van der Waals surface area contributed by atoms with Crippen LogP contribution in [0.4, 0.5) is 0 Å². The van der Waals surface area contributed by atoms with Crippen molar-refractivity contribution in [3.8, 4) is 0 Å². The molecule has 0 aliphatic carbocycles. The SMILES string of the molecule is CC(C)(C)SC[S+]([O-])c1ccccc1. The number of hydrogen-bond acceptors (Lipinski definition) is 2. The molecule has 1 atom stereocenters. The zero-order valence-electron chi connectivity index (χ0n) is 8.82. The van der Waals surface area contributed by atoms with Gasteiger partial charge in [0.1, 0.15) is 0 Å². The molecule has 0 aliphatic heterocycles. The maximum atomic E-state index is 11.8. The summed E-state index contributed by atoms with van der Waals surface area (Å²) < 4.78 is 12.0. The maximum Gasteiger partial charge on any atom is 0.157 e. The molecule has 14 heavy (non-hydrogen) atoms. The first-order valence-corrected chi connectivity index (χ1v) is 6.87. The molecule has 1 unspecified atom stereocenters. The van der Waals surface area contributed by atoms with Gasteiger partial charge in [-0.15, -0.1) is 11.8 Å². The second kappa shape index (κ2) is 5.10. The number of rotatable bonds is 3. The zero-order chi connectivity index (χ0) is 10.6. The van der Waals surface area contributed by atoms with E-state index in [2.05, 4.69) is 20.8 Å². The average molecular weight is 228 g/mol. The Labute approximate surface area is 93.5 Å². The molecule has 0 saturated heterocycles. The van der Waals surface area contributed by atoms with Gasteiger partial charge in [0.05, 0.1) is 0 Å². The predicted molar refractivity (Wildman–Crippen MR) is 65.1 cm³/mol. The third-order valence-corrected chi connectivity index (χ3v) is 4.60. The van der Waals surface area contributed by atoms with Crippen LogP contribution in [-0.4, -0.2) is 14.4 Å². The summed E-state index contributed by atoms with van der Waals surface area (Å²) in [6.45, 7) is 6.42. The molecule has 78 valence electrons. The highest BCUT2D eigenvalue weighted by Gasteiger charge is 2.17. The number of hydrogen-bond donors (Lipinski definition) is 0. The van der Waals surface area contributed by atoms with Gasteiger partial charge in [-0.25, -0.2) is 0 Å². The van der Waals surface area contributed by atoms with E-state index in [9.17, 15) is 4.55 Å². The van der Waals surface area contributed by atoms with E-state index in [4.69, 9.17) is 0 Å². The lowest BCUT2D eigenvalue weighted by Crippen LogP contribution is -2.13.